The predicted molar refractivity (Wildman–Crippen MR) is 69.5 cm³/mol. The zero-order valence-corrected chi connectivity index (χ0v) is 11.2. The summed E-state index contributed by atoms with van der Waals surface area (Å²) in [5.41, 5.74) is 0.247. The molecular weight excluding hydrogens is 254 g/mol. The highest BCUT2D eigenvalue weighted by Gasteiger charge is 2.11. The average Bonchev–Trinajstić information content (AvgIpc) is 2.25. The molecule has 0 radical (unpaired) electrons. The van der Waals surface area contributed by atoms with Gasteiger partial charge in [-0.2, -0.15) is 8.78 Å². The van der Waals surface area contributed by atoms with E-state index in [1.54, 1.807) is 6.07 Å². The quantitative estimate of drug-likeness (QED) is 0.866. The number of hydrogen-bond donors (Lipinski definition) is 2. The minimum absolute atomic E-state index is 0.0107. The van der Waals surface area contributed by atoms with Gasteiger partial charge in [0.15, 0.2) is 0 Å². The van der Waals surface area contributed by atoms with Crippen LogP contribution < -0.4 is 15.4 Å². The number of halogens is 2. The monoisotopic (exact) mass is 272 g/mol. The van der Waals surface area contributed by atoms with E-state index in [1.165, 1.54) is 18.2 Å². The molecule has 0 aromatic heterocycles. The van der Waals surface area contributed by atoms with Crippen molar-refractivity contribution < 1.29 is 18.3 Å². The fraction of sp³-hybridized carbons (Fsp3) is 0.462. The van der Waals surface area contributed by atoms with Crippen LogP contribution in [0.2, 0.25) is 0 Å². The lowest BCUT2D eigenvalue weighted by atomic mass is 10.1. The van der Waals surface area contributed by atoms with E-state index < -0.39 is 6.61 Å². The first kappa shape index (κ1) is 15.4. The molecule has 0 atom stereocenters. The van der Waals surface area contributed by atoms with Gasteiger partial charge in [0.05, 0.1) is 6.54 Å². The van der Waals surface area contributed by atoms with Gasteiger partial charge in [-0.1, -0.05) is 6.07 Å². The third-order valence-corrected chi connectivity index (χ3v) is 2.12. The Morgan fingerprint density at radius 2 is 2.05 bits per heavy atom. The summed E-state index contributed by atoms with van der Waals surface area (Å²) in [5, 5.41) is 5.63. The van der Waals surface area contributed by atoms with E-state index in [-0.39, 0.29) is 23.7 Å². The molecule has 1 amide bonds. The molecule has 0 aliphatic carbocycles. The highest BCUT2D eigenvalue weighted by atomic mass is 19.3. The number of amides is 1. The zero-order valence-electron chi connectivity index (χ0n) is 11.2. The summed E-state index contributed by atoms with van der Waals surface area (Å²) in [5.74, 6) is -0.235. The Morgan fingerprint density at radius 3 is 2.63 bits per heavy atom. The van der Waals surface area contributed by atoms with Crippen LogP contribution in [0, 0.1) is 0 Å². The second kappa shape index (κ2) is 6.47. The Bertz CT molecular complexity index is 431. The number of hydrogen-bond acceptors (Lipinski definition) is 3. The second-order valence-corrected chi connectivity index (χ2v) is 5.06. The molecule has 0 heterocycles. The summed E-state index contributed by atoms with van der Waals surface area (Å²) in [6.45, 7) is 3.09. The van der Waals surface area contributed by atoms with E-state index in [2.05, 4.69) is 15.4 Å². The van der Waals surface area contributed by atoms with Crippen molar-refractivity contribution in [3.8, 4) is 5.75 Å². The standard InChI is InChI=1S/C13H18F2N2O2/c1-13(2,3)16-8-11(18)17-9-5-4-6-10(7-9)19-12(14)15/h4-7,12,16H,8H2,1-3H3,(H,17,18). The SMILES string of the molecule is CC(C)(C)NCC(=O)Nc1cccc(OC(F)F)c1. The molecule has 4 nitrogen and oxygen atoms in total. The molecule has 19 heavy (non-hydrogen) atoms. The lowest BCUT2D eigenvalue weighted by molar-refractivity contribution is -0.115. The number of alkyl halides is 2. The van der Waals surface area contributed by atoms with Crippen LogP contribution in [0.1, 0.15) is 20.8 Å². The average molecular weight is 272 g/mol. The molecule has 2 N–H and O–H groups in total. The minimum atomic E-state index is -2.88. The summed E-state index contributed by atoms with van der Waals surface area (Å²) in [6.07, 6.45) is 0. The molecule has 1 aromatic rings. The van der Waals surface area contributed by atoms with Gasteiger partial charge in [-0.25, -0.2) is 0 Å². The minimum Gasteiger partial charge on any atom is -0.435 e. The van der Waals surface area contributed by atoms with Gasteiger partial charge in [0, 0.05) is 17.3 Å². The highest BCUT2D eigenvalue weighted by Crippen LogP contribution is 2.19. The second-order valence-electron chi connectivity index (χ2n) is 5.06. The maximum Gasteiger partial charge on any atom is 0.387 e. The van der Waals surface area contributed by atoms with Crippen LogP contribution in [0.3, 0.4) is 0 Å². The maximum atomic E-state index is 12.0. The maximum absolute atomic E-state index is 12.0. The van der Waals surface area contributed by atoms with E-state index in [9.17, 15) is 13.6 Å². The lowest BCUT2D eigenvalue weighted by Crippen LogP contribution is -2.41. The number of carbonyl (C=O) groups excluding carboxylic acids is 1. The predicted octanol–water partition coefficient (Wildman–Crippen LogP) is 2.61. The molecule has 0 spiro atoms. The van der Waals surface area contributed by atoms with Gasteiger partial charge in [0.1, 0.15) is 5.75 Å². The highest BCUT2D eigenvalue weighted by molar-refractivity contribution is 5.92. The first-order valence-corrected chi connectivity index (χ1v) is 5.86. The molecule has 0 saturated heterocycles. The van der Waals surface area contributed by atoms with Crippen molar-refractivity contribution >= 4 is 11.6 Å². The van der Waals surface area contributed by atoms with Crippen LogP contribution in [0.4, 0.5) is 14.5 Å². The van der Waals surface area contributed by atoms with Crippen molar-refractivity contribution in [3.05, 3.63) is 24.3 Å². The number of benzene rings is 1. The van der Waals surface area contributed by atoms with Gasteiger partial charge in [-0.15, -0.1) is 0 Å². The van der Waals surface area contributed by atoms with Crippen LogP contribution in [-0.4, -0.2) is 24.6 Å². The van der Waals surface area contributed by atoms with Crippen LogP contribution >= 0.6 is 0 Å². The van der Waals surface area contributed by atoms with Crippen LogP contribution in [0.15, 0.2) is 24.3 Å². The molecule has 0 unspecified atom stereocenters. The molecule has 0 fully saturated rings. The smallest absolute Gasteiger partial charge is 0.387 e. The Kier molecular flexibility index (Phi) is 5.23. The Balaban J connectivity index is 2.54. The van der Waals surface area contributed by atoms with Crippen molar-refractivity contribution in [2.45, 2.75) is 32.9 Å². The van der Waals surface area contributed by atoms with Gasteiger partial charge in [0.25, 0.3) is 0 Å². The van der Waals surface area contributed by atoms with Crippen molar-refractivity contribution in [2.75, 3.05) is 11.9 Å². The summed E-state index contributed by atoms with van der Waals surface area (Å²) in [7, 11) is 0. The number of ether oxygens (including phenoxy) is 1. The van der Waals surface area contributed by atoms with Crippen LogP contribution in [-0.2, 0) is 4.79 Å². The molecule has 6 heteroatoms. The molecule has 106 valence electrons. The zero-order chi connectivity index (χ0) is 14.5. The first-order chi connectivity index (χ1) is 8.76. The van der Waals surface area contributed by atoms with Crippen molar-refractivity contribution in [3.63, 3.8) is 0 Å². The van der Waals surface area contributed by atoms with Crippen molar-refractivity contribution in [2.24, 2.45) is 0 Å². The number of nitrogens with one attached hydrogen (secondary N) is 2. The third-order valence-electron chi connectivity index (χ3n) is 2.12. The number of carbonyl (C=O) groups is 1. The van der Waals surface area contributed by atoms with Crippen molar-refractivity contribution in [1.82, 2.24) is 5.32 Å². The number of anilines is 1. The Labute approximate surface area is 111 Å². The van der Waals surface area contributed by atoms with Gasteiger partial charge in [0.2, 0.25) is 5.91 Å². The Hall–Kier alpha value is -1.69. The van der Waals surface area contributed by atoms with Crippen LogP contribution in [0.25, 0.3) is 0 Å². The molecule has 1 rings (SSSR count). The first-order valence-electron chi connectivity index (χ1n) is 5.86. The third kappa shape index (κ3) is 6.71. The fourth-order valence-corrected chi connectivity index (χ4v) is 1.30. The normalized spacial score (nSPS) is 11.5. The van der Waals surface area contributed by atoms with Gasteiger partial charge < -0.3 is 15.4 Å². The van der Waals surface area contributed by atoms with Gasteiger partial charge in [-0.3, -0.25) is 4.79 Å². The van der Waals surface area contributed by atoms with E-state index in [4.69, 9.17) is 0 Å². The largest absolute Gasteiger partial charge is 0.435 e. The summed E-state index contributed by atoms with van der Waals surface area (Å²) < 4.78 is 28.3. The lowest BCUT2D eigenvalue weighted by Gasteiger charge is -2.20. The molecule has 1 aromatic carbocycles. The molecular formula is C13H18F2N2O2. The van der Waals surface area contributed by atoms with Crippen molar-refractivity contribution in [1.29, 1.82) is 0 Å². The van der Waals surface area contributed by atoms with Gasteiger partial charge >= 0.3 is 6.61 Å². The molecule has 0 saturated carbocycles. The molecule has 0 bridgehead atoms. The summed E-state index contributed by atoms with van der Waals surface area (Å²) in [4.78, 5) is 11.6. The fourth-order valence-electron chi connectivity index (χ4n) is 1.30. The van der Waals surface area contributed by atoms with E-state index in [0.29, 0.717) is 5.69 Å². The summed E-state index contributed by atoms with van der Waals surface area (Å²) >= 11 is 0. The van der Waals surface area contributed by atoms with E-state index in [1.807, 2.05) is 20.8 Å². The molecule has 0 aliphatic rings. The summed E-state index contributed by atoms with van der Waals surface area (Å²) in [6, 6.07) is 5.88. The van der Waals surface area contributed by atoms with E-state index in [0.717, 1.165) is 0 Å². The topological polar surface area (TPSA) is 50.4 Å². The Morgan fingerprint density at radius 1 is 1.37 bits per heavy atom. The number of rotatable bonds is 5. The molecule has 0 aliphatic heterocycles. The van der Waals surface area contributed by atoms with Crippen LogP contribution in [0.5, 0.6) is 5.75 Å². The van der Waals surface area contributed by atoms with E-state index >= 15 is 0 Å². The van der Waals surface area contributed by atoms with Gasteiger partial charge in [-0.05, 0) is 32.9 Å².